The number of aliphatic hydroxyl groups excluding tert-OH is 1. The first-order valence-electron chi connectivity index (χ1n) is 25.3. The van der Waals surface area contributed by atoms with Gasteiger partial charge in [-0.15, -0.1) is 0 Å². The van der Waals surface area contributed by atoms with E-state index in [1.54, 1.807) is 0 Å². The molecular formula is C54H91N3O+2. The van der Waals surface area contributed by atoms with Crippen molar-refractivity contribution in [1.29, 1.82) is 0 Å². The van der Waals surface area contributed by atoms with E-state index in [0.29, 0.717) is 6.61 Å². The molecule has 58 heavy (non-hydrogen) atoms. The van der Waals surface area contributed by atoms with Crippen molar-refractivity contribution in [1.82, 2.24) is 4.98 Å². The van der Waals surface area contributed by atoms with E-state index in [1.165, 1.54) is 255 Å². The number of hydrogen-bond donors (Lipinski definition) is 1. The number of rotatable bonds is 41. The van der Waals surface area contributed by atoms with E-state index in [9.17, 15) is 0 Å². The second kappa shape index (κ2) is 37.4. The first kappa shape index (κ1) is 49.8. The zero-order chi connectivity index (χ0) is 40.7. The van der Waals surface area contributed by atoms with Gasteiger partial charge in [0.25, 0.3) is 0 Å². The average molecular weight is 798 g/mol. The fraction of sp³-hybridized carbons (Fsp3) is 0.722. The van der Waals surface area contributed by atoms with Gasteiger partial charge in [-0.25, -0.2) is 9.13 Å². The summed E-state index contributed by atoms with van der Waals surface area (Å²) in [5.74, 6) is 0. The number of unbranched alkanes of at least 4 members (excludes halogenated alkanes) is 30. The second-order valence-electron chi connectivity index (χ2n) is 17.9. The molecule has 0 aliphatic heterocycles. The van der Waals surface area contributed by atoms with Crippen molar-refractivity contribution >= 4 is 0 Å². The van der Waals surface area contributed by atoms with Crippen LogP contribution in [0.5, 0.6) is 0 Å². The molecule has 3 aromatic heterocycles. The fourth-order valence-electron chi connectivity index (χ4n) is 8.73. The maximum Gasteiger partial charge on any atom is 0.171 e. The third kappa shape index (κ3) is 28.8. The lowest BCUT2D eigenvalue weighted by atomic mass is 10.0. The molecule has 0 aliphatic rings. The van der Waals surface area contributed by atoms with Crippen molar-refractivity contribution in [3.8, 4) is 0 Å². The molecule has 0 atom stereocenters. The first-order chi connectivity index (χ1) is 28.8. The van der Waals surface area contributed by atoms with E-state index in [2.05, 4.69) is 75.3 Å². The Balaban J connectivity index is 1.03. The van der Waals surface area contributed by atoms with Crippen LogP contribution in [-0.2, 0) is 32.4 Å². The summed E-state index contributed by atoms with van der Waals surface area (Å²) in [5, 5.41) is 8.86. The molecule has 0 amide bonds. The molecule has 3 aromatic rings. The van der Waals surface area contributed by atoms with E-state index in [1.807, 2.05) is 12.4 Å². The van der Waals surface area contributed by atoms with Gasteiger partial charge in [-0.3, -0.25) is 4.98 Å². The molecule has 3 rings (SSSR count). The van der Waals surface area contributed by atoms with Crippen LogP contribution in [0.15, 0.2) is 73.6 Å². The zero-order valence-electron chi connectivity index (χ0n) is 37.8. The standard InChI is InChI=1S/C54H91N3O/c58-48-33-27-21-15-9-3-6-12-18-24-30-39-54-42-36-47-57(51-54)45-32-26-20-14-8-2-5-11-17-23-29-38-53-41-35-46-56(50-53)44-31-25-19-13-7-1-4-10-16-22-28-37-52-40-34-43-55-49-52/h34-36,40-43,46-47,49-51,58H,1-33,37-39,44-45,48H2/q+2. The minimum Gasteiger partial charge on any atom is -0.396 e. The van der Waals surface area contributed by atoms with Gasteiger partial charge in [0.1, 0.15) is 13.1 Å². The lowest BCUT2D eigenvalue weighted by molar-refractivity contribution is -0.697. The molecule has 0 saturated carbocycles. The SMILES string of the molecule is OCCCCCCCCCCCCCc1ccc[n+](CCCCCCCCCCCCCc2ccc[n+](CCCCCCCCCCCCCc3cccnc3)c2)c1. The van der Waals surface area contributed by atoms with E-state index in [0.717, 1.165) is 6.42 Å². The number of nitrogens with zero attached hydrogens (tertiary/aromatic N) is 3. The van der Waals surface area contributed by atoms with Gasteiger partial charge in [-0.1, -0.05) is 167 Å². The van der Waals surface area contributed by atoms with Crippen molar-refractivity contribution in [2.75, 3.05) is 6.61 Å². The number of hydrogen-bond acceptors (Lipinski definition) is 2. The minimum atomic E-state index is 0.360. The summed E-state index contributed by atoms with van der Waals surface area (Å²) in [6.45, 7) is 2.71. The third-order valence-electron chi connectivity index (χ3n) is 12.4. The zero-order valence-corrected chi connectivity index (χ0v) is 37.8. The van der Waals surface area contributed by atoms with Gasteiger partial charge < -0.3 is 5.11 Å². The predicted octanol–water partition coefficient (Wildman–Crippen LogP) is 14.6. The molecule has 0 spiro atoms. The van der Waals surface area contributed by atoms with E-state index < -0.39 is 0 Å². The smallest absolute Gasteiger partial charge is 0.171 e. The first-order valence-corrected chi connectivity index (χ1v) is 25.3. The van der Waals surface area contributed by atoms with Crippen LogP contribution in [0.1, 0.15) is 229 Å². The van der Waals surface area contributed by atoms with Crippen molar-refractivity contribution in [3.05, 3.63) is 90.3 Å². The summed E-state index contributed by atoms with van der Waals surface area (Å²) >= 11 is 0. The third-order valence-corrected chi connectivity index (χ3v) is 12.4. The monoisotopic (exact) mass is 798 g/mol. The summed E-state index contributed by atoms with van der Waals surface area (Å²) in [7, 11) is 0. The molecule has 3 heterocycles. The van der Waals surface area contributed by atoms with Crippen LogP contribution in [0.25, 0.3) is 0 Å². The van der Waals surface area contributed by atoms with Gasteiger partial charge in [-0.2, -0.15) is 0 Å². The van der Waals surface area contributed by atoms with Crippen LogP contribution in [0.2, 0.25) is 0 Å². The van der Waals surface area contributed by atoms with Gasteiger partial charge in [0.2, 0.25) is 0 Å². The Morgan fingerprint density at radius 1 is 0.345 bits per heavy atom. The molecule has 0 fully saturated rings. The van der Waals surface area contributed by atoms with Crippen molar-refractivity contribution < 1.29 is 14.2 Å². The molecule has 0 unspecified atom stereocenters. The van der Waals surface area contributed by atoms with Gasteiger partial charge in [-0.05, 0) is 81.5 Å². The highest BCUT2D eigenvalue weighted by molar-refractivity contribution is 5.08. The molecule has 326 valence electrons. The highest BCUT2D eigenvalue weighted by atomic mass is 16.2. The van der Waals surface area contributed by atoms with E-state index in [4.69, 9.17) is 5.11 Å². The van der Waals surface area contributed by atoms with Gasteiger partial charge in [0.05, 0.1) is 0 Å². The van der Waals surface area contributed by atoms with Crippen LogP contribution in [0.3, 0.4) is 0 Å². The largest absolute Gasteiger partial charge is 0.396 e. The lowest BCUT2D eigenvalue weighted by Crippen LogP contribution is -2.33. The lowest BCUT2D eigenvalue weighted by Gasteiger charge is -2.05. The maximum absolute atomic E-state index is 8.86. The van der Waals surface area contributed by atoms with Crippen LogP contribution in [-0.4, -0.2) is 16.7 Å². The normalized spacial score (nSPS) is 11.5. The summed E-state index contributed by atoms with van der Waals surface area (Å²) in [6.07, 6.45) is 62.0. The Bertz CT molecular complexity index is 1310. The van der Waals surface area contributed by atoms with Gasteiger partial charge in [0, 0.05) is 55.1 Å². The fourth-order valence-corrected chi connectivity index (χ4v) is 8.73. The quantitative estimate of drug-likeness (QED) is 0.0459. The highest BCUT2D eigenvalue weighted by Crippen LogP contribution is 2.16. The van der Waals surface area contributed by atoms with E-state index in [-0.39, 0.29) is 0 Å². The van der Waals surface area contributed by atoms with Crippen LogP contribution < -0.4 is 9.13 Å². The average Bonchev–Trinajstić information content (AvgIpc) is 3.25. The molecule has 4 heteroatoms. The highest BCUT2D eigenvalue weighted by Gasteiger charge is 2.06. The Labute approximate surface area is 359 Å². The van der Waals surface area contributed by atoms with E-state index >= 15 is 0 Å². The van der Waals surface area contributed by atoms with Crippen LogP contribution in [0, 0.1) is 0 Å². The predicted molar refractivity (Wildman–Crippen MR) is 248 cm³/mol. The number of aromatic nitrogens is 3. The number of aryl methyl sites for hydroxylation is 5. The van der Waals surface area contributed by atoms with Gasteiger partial charge >= 0.3 is 0 Å². The molecule has 0 aliphatic carbocycles. The Morgan fingerprint density at radius 2 is 0.655 bits per heavy atom. The summed E-state index contributed by atoms with van der Waals surface area (Å²) < 4.78 is 4.88. The molecule has 0 radical (unpaired) electrons. The van der Waals surface area contributed by atoms with Crippen LogP contribution >= 0.6 is 0 Å². The summed E-state index contributed by atoms with van der Waals surface area (Å²) in [4.78, 5) is 4.22. The molecular weight excluding hydrogens is 707 g/mol. The van der Waals surface area contributed by atoms with Crippen molar-refractivity contribution in [2.24, 2.45) is 0 Å². The Hall–Kier alpha value is -2.59. The van der Waals surface area contributed by atoms with Crippen molar-refractivity contribution in [2.45, 2.75) is 244 Å². The number of aliphatic hydroxyl groups is 1. The topological polar surface area (TPSA) is 40.9 Å². The molecule has 0 aromatic carbocycles. The summed E-state index contributed by atoms with van der Waals surface area (Å²) in [5.41, 5.74) is 4.43. The Morgan fingerprint density at radius 3 is 1.00 bits per heavy atom. The molecule has 1 N–H and O–H groups in total. The molecule has 4 nitrogen and oxygen atoms in total. The Kier molecular flexibility index (Phi) is 32.1. The maximum atomic E-state index is 8.86. The summed E-state index contributed by atoms with van der Waals surface area (Å²) in [6, 6.07) is 13.4. The molecule has 0 bridgehead atoms. The minimum absolute atomic E-state index is 0.360. The van der Waals surface area contributed by atoms with Crippen molar-refractivity contribution in [3.63, 3.8) is 0 Å². The number of pyridine rings is 3. The molecule has 0 saturated heterocycles. The second-order valence-corrected chi connectivity index (χ2v) is 17.9. The van der Waals surface area contributed by atoms with Crippen LogP contribution in [0.4, 0.5) is 0 Å². The van der Waals surface area contributed by atoms with Gasteiger partial charge in [0.15, 0.2) is 24.8 Å².